The van der Waals surface area contributed by atoms with Crippen LogP contribution >= 0.6 is 0 Å². The Kier molecular flexibility index (Phi) is 1.52. The number of fused-ring (bicyclic) bond motifs is 1. The summed E-state index contributed by atoms with van der Waals surface area (Å²) < 4.78 is 0. The molecule has 1 aromatic heterocycles. The molecule has 2 aliphatic heterocycles. The molecule has 68 valence electrons. The molecule has 13 heavy (non-hydrogen) atoms. The van der Waals surface area contributed by atoms with Crippen LogP contribution in [0.25, 0.3) is 0 Å². The zero-order valence-electron chi connectivity index (χ0n) is 7.48. The van der Waals surface area contributed by atoms with E-state index in [-0.39, 0.29) is 0 Å². The van der Waals surface area contributed by atoms with Gasteiger partial charge in [-0.1, -0.05) is 6.07 Å². The Morgan fingerprint density at radius 3 is 2.92 bits per heavy atom. The molecule has 0 radical (unpaired) electrons. The van der Waals surface area contributed by atoms with Crippen molar-refractivity contribution in [3.63, 3.8) is 0 Å². The number of hydrogen-bond acceptors (Lipinski definition) is 3. The van der Waals surface area contributed by atoms with Crippen molar-refractivity contribution in [1.29, 1.82) is 0 Å². The lowest BCUT2D eigenvalue weighted by molar-refractivity contribution is 0.297. The minimum Gasteiger partial charge on any atom is -0.355 e. The van der Waals surface area contributed by atoms with E-state index in [0.29, 0.717) is 0 Å². The average Bonchev–Trinajstić information content (AvgIpc) is 2.45. The van der Waals surface area contributed by atoms with Crippen molar-refractivity contribution in [3.05, 3.63) is 24.4 Å². The fraction of sp³-hybridized carbons (Fsp3) is 0.500. The normalized spacial score (nSPS) is 31.2. The second-order valence-electron chi connectivity index (χ2n) is 3.87. The first-order valence-electron chi connectivity index (χ1n) is 4.83. The molecule has 3 heteroatoms. The zero-order chi connectivity index (χ0) is 8.67. The second-order valence-corrected chi connectivity index (χ2v) is 3.87. The van der Waals surface area contributed by atoms with Crippen LogP contribution in [0.1, 0.15) is 0 Å². The van der Waals surface area contributed by atoms with Crippen LogP contribution in [0.3, 0.4) is 0 Å². The quantitative estimate of drug-likeness (QED) is 0.673. The van der Waals surface area contributed by atoms with Crippen LogP contribution in [0.15, 0.2) is 24.4 Å². The van der Waals surface area contributed by atoms with Gasteiger partial charge >= 0.3 is 0 Å². The molecular weight excluding hydrogens is 162 g/mol. The molecule has 2 aliphatic rings. The molecule has 0 spiro atoms. The first-order valence-corrected chi connectivity index (χ1v) is 4.83. The zero-order valence-corrected chi connectivity index (χ0v) is 7.48. The van der Waals surface area contributed by atoms with Gasteiger partial charge in [-0.3, -0.25) is 0 Å². The minimum atomic E-state index is 0.724. The van der Waals surface area contributed by atoms with Crippen LogP contribution in [-0.2, 0) is 0 Å². The minimum absolute atomic E-state index is 0.724. The molecule has 2 saturated heterocycles. The number of anilines is 1. The molecule has 3 nitrogen and oxygen atoms in total. The Morgan fingerprint density at radius 1 is 1.38 bits per heavy atom. The van der Waals surface area contributed by atoms with E-state index in [4.69, 9.17) is 0 Å². The highest BCUT2D eigenvalue weighted by Crippen LogP contribution is 2.26. The van der Waals surface area contributed by atoms with E-state index < -0.39 is 0 Å². The van der Waals surface area contributed by atoms with Gasteiger partial charge < -0.3 is 10.2 Å². The standard InChI is InChI=1S/C10H13N3/c1-2-4-11-10(3-1)13-6-8-5-12-9(8)7-13/h1-4,8-9,12H,5-7H2/t8-,9+/m0/s1. The van der Waals surface area contributed by atoms with Gasteiger partial charge in [0.05, 0.1) is 0 Å². The Morgan fingerprint density at radius 2 is 2.38 bits per heavy atom. The van der Waals surface area contributed by atoms with Gasteiger partial charge in [0, 0.05) is 37.8 Å². The predicted octanol–water partition coefficient (Wildman–Crippen LogP) is 0.490. The maximum atomic E-state index is 4.36. The molecular formula is C10H13N3. The highest BCUT2D eigenvalue weighted by atomic mass is 15.3. The maximum Gasteiger partial charge on any atom is 0.128 e. The molecule has 0 aromatic carbocycles. The molecule has 3 rings (SSSR count). The summed E-state index contributed by atoms with van der Waals surface area (Å²) in [5.41, 5.74) is 0. The van der Waals surface area contributed by atoms with E-state index in [1.807, 2.05) is 12.3 Å². The summed E-state index contributed by atoms with van der Waals surface area (Å²) in [6.07, 6.45) is 1.86. The maximum absolute atomic E-state index is 4.36. The molecule has 3 heterocycles. The fourth-order valence-electron chi connectivity index (χ4n) is 2.18. The van der Waals surface area contributed by atoms with Crippen LogP contribution in [0.2, 0.25) is 0 Å². The first kappa shape index (κ1) is 7.33. The number of aromatic nitrogens is 1. The molecule has 0 saturated carbocycles. The summed E-state index contributed by atoms with van der Waals surface area (Å²) in [4.78, 5) is 6.73. The topological polar surface area (TPSA) is 28.2 Å². The summed E-state index contributed by atoms with van der Waals surface area (Å²) in [6.45, 7) is 3.49. The predicted molar refractivity (Wildman–Crippen MR) is 51.7 cm³/mol. The van der Waals surface area contributed by atoms with Gasteiger partial charge in [0.25, 0.3) is 0 Å². The monoisotopic (exact) mass is 175 g/mol. The van der Waals surface area contributed by atoms with Crippen molar-refractivity contribution in [2.45, 2.75) is 6.04 Å². The highest BCUT2D eigenvalue weighted by Gasteiger charge is 2.39. The lowest BCUT2D eigenvalue weighted by atomic mass is 9.96. The highest BCUT2D eigenvalue weighted by molar-refractivity contribution is 5.40. The van der Waals surface area contributed by atoms with E-state index in [9.17, 15) is 0 Å². The van der Waals surface area contributed by atoms with Gasteiger partial charge in [-0.15, -0.1) is 0 Å². The van der Waals surface area contributed by atoms with Crippen molar-refractivity contribution >= 4 is 5.82 Å². The molecule has 1 N–H and O–H groups in total. The molecule has 0 unspecified atom stereocenters. The molecule has 0 amide bonds. The third-order valence-electron chi connectivity index (χ3n) is 3.06. The summed E-state index contributed by atoms with van der Waals surface area (Å²) in [5.74, 6) is 1.99. The average molecular weight is 175 g/mol. The Bertz CT molecular complexity index is 286. The molecule has 2 atom stereocenters. The smallest absolute Gasteiger partial charge is 0.128 e. The summed E-state index contributed by atoms with van der Waals surface area (Å²) in [5, 5.41) is 3.44. The van der Waals surface area contributed by atoms with Crippen molar-refractivity contribution in [1.82, 2.24) is 10.3 Å². The number of nitrogens with zero attached hydrogens (tertiary/aromatic N) is 2. The fourth-order valence-corrected chi connectivity index (χ4v) is 2.18. The van der Waals surface area contributed by atoms with E-state index in [1.165, 1.54) is 13.1 Å². The molecule has 0 aliphatic carbocycles. The van der Waals surface area contributed by atoms with Crippen LogP contribution in [-0.4, -0.2) is 30.7 Å². The summed E-state index contributed by atoms with van der Waals surface area (Å²) in [6, 6.07) is 6.83. The Hall–Kier alpha value is -1.09. The summed E-state index contributed by atoms with van der Waals surface area (Å²) >= 11 is 0. The third-order valence-corrected chi connectivity index (χ3v) is 3.06. The third kappa shape index (κ3) is 1.11. The van der Waals surface area contributed by atoms with Gasteiger partial charge in [0.15, 0.2) is 0 Å². The first-order chi connectivity index (χ1) is 6.43. The van der Waals surface area contributed by atoms with E-state index in [1.54, 1.807) is 0 Å². The van der Waals surface area contributed by atoms with Gasteiger partial charge in [-0.2, -0.15) is 0 Å². The molecule has 0 bridgehead atoms. The van der Waals surface area contributed by atoms with E-state index in [0.717, 1.165) is 24.3 Å². The number of nitrogens with one attached hydrogen (secondary N) is 1. The Balaban J connectivity index is 1.80. The Labute approximate surface area is 77.8 Å². The van der Waals surface area contributed by atoms with Crippen molar-refractivity contribution in [3.8, 4) is 0 Å². The molecule has 1 aromatic rings. The van der Waals surface area contributed by atoms with E-state index in [2.05, 4.69) is 27.3 Å². The van der Waals surface area contributed by atoms with Gasteiger partial charge in [-0.25, -0.2) is 4.98 Å². The number of hydrogen-bond donors (Lipinski definition) is 1. The van der Waals surface area contributed by atoms with Crippen molar-refractivity contribution in [2.75, 3.05) is 24.5 Å². The van der Waals surface area contributed by atoms with Gasteiger partial charge in [0.2, 0.25) is 0 Å². The largest absolute Gasteiger partial charge is 0.355 e. The van der Waals surface area contributed by atoms with Crippen molar-refractivity contribution < 1.29 is 0 Å². The van der Waals surface area contributed by atoms with Crippen LogP contribution in [0, 0.1) is 5.92 Å². The molecule has 2 fully saturated rings. The van der Waals surface area contributed by atoms with Crippen LogP contribution < -0.4 is 10.2 Å². The number of pyridine rings is 1. The lowest BCUT2D eigenvalue weighted by Gasteiger charge is -2.29. The van der Waals surface area contributed by atoms with Crippen LogP contribution in [0.5, 0.6) is 0 Å². The number of rotatable bonds is 1. The van der Waals surface area contributed by atoms with Crippen LogP contribution in [0.4, 0.5) is 5.82 Å². The van der Waals surface area contributed by atoms with Gasteiger partial charge in [0.1, 0.15) is 5.82 Å². The SMILES string of the molecule is c1ccc(N2C[C@@H]3CN[C@@H]3C2)nc1. The van der Waals surface area contributed by atoms with Crippen molar-refractivity contribution in [2.24, 2.45) is 5.92 Å². The lowest BCUT2D eigenvalue weighted by Crippen LogP contribution is -2.51. The van der Waals surface area contributed by atoms with Gasteiger partial charge in [-0.05, 0) is 12.1 Å². The summed E-state index contributed by atoms with van der Waals surface area (Å²) in [7, 11) is 0. The van der Waals surface area contributed by atoms with E-state index >= 15 is 0 Å². The second kappa shape index (κ2) is 2.70.